The van der Waals surface area contributed by atoms with E-state index in [-0.39, 0.29) is 5.41 Å². The quantitative estimate of drug-likeness (QED) is 0.933. The smallest absolute Gasteiger partial charge is 0.234 e. The Labute approximate surface area is 126 Å². The molecule has 1 unspecified atom stereocenters. The lowest BCUT2D eigenvalue weighted by molar-refractivity contribution is 0.234. The van der Waals surface area contributed by atoms with Gasteiger partial charge >= 0.3 is 0 Å². The number of halogens is 1. The molecule has 0 spiro atoms. The molecule has 2 aromatic rings. The zero-order valence-corrected chi connectivity index (χ0v) is 13.1. The highest BCUT2D eigenvalue weighted by Crippen LogP contribution is 2.37. The molecule has 0 aliphatic carbocycles. The van der Waals surface area contributed by atoms with Crippen molar-refractivity contribution in [3.05, 3.63) is 28.8 Å². The molecule has 3 rings (SSSR count). The van der Waals surface area contributed by atoms with Crippen molar-refractivity contribution >= 4 is 15.9 Å². The summed E-state index contributed by atoms with van der Waals surface area (Å²) in [6, 6.07) is 1.94. The van der Waals surface area contributed by atoms with Crippen LogP contribution in [0.3, 0.4) is 0 Å². The first-order valence-electron chi connectivity index (χ1n) is 6.78. The standard InChI is InChI=1S/C14H17BrN4O/c1-9(2)14(3-4-16-8-14)13-18-12(19-20-13)10-5-11(15)7-17-6-10/h5-7,9,16H,3-4,8H2,1-2H3. The Morgan fingerprint density at radius 2 is 2.25 bits per heavy atom. The number of nitrogens with one attached hydrogen (secondary N) is 1. The fraction of sp³-hybridized carbons (Fsp3) is 0.500. The van der Waals surface area contributed by atoms with Crippen molar-refractivity contribution in [2.45, 2.75) is 25.7 Å². The van der Waals surface area contributed by atoms with E-state index in [2.05, 4.69) is 50.2 Å². The second kappa shape index (κ2) is 5.26. The van der Waals surface area contributed by atoms with Crippen molar-refractivity contribution < 1.29 is 4.52 Å². The minimum absolute atomic E-state index is 0.0509. The first kappa shape index (κ1) is 13.7. The largest absolute Gasteiger partial charge is 0.338 e. The third kappa shape index (κ3) is 2.27. The van der Waals surface area contributed by atoms with Crippen LogP contribution < -0.4 is 5.32 Å². The molecular formula is C14H17BrN4O. The third-order valence-corrected chi connectivity index (χ3v) is 4.54. The molecule has 0 bridgehead atoms. The second-order valence-corrected chi connectivity index (χ2v) is 6.47. The Hall–Kier alpha value is -1.27. The highest BCUT2D eigenvalue weighted by atomic mass is 79.9. The summed E-state index contributed by atoms with van der Waals surface area (Å²) >= 11 is 3.41. The summed E-state index contributed by atoms with van der Waals surface area (Å²) in [5.74, 6) is 1.78. The summed E-state index contributed by atoms with van der Waals surface area (Å²) in [6.45, 7) is 6.30. The fourth-order valence-corrected chi connectivity index (χ4v) is 3.08. The van der Waals surface area contributed by atoms with Gasteiger partial charge in [-0.1, -0.05) is 19.0 Å². The molecule has 0 amide bonds. The molecule has 106 valence electrons. The van der Waals surface area contributed by atoms with Gasteiger partial charge in [-0.05, 0) is 40.9 Å². The van der Waals surface area contributed by atoms with E-state index in [1.54, 1.807) is 12.4 Å². The maximum Gasteiger partial charge on any atom is 0.234 e. The number of rotatable bonds is 3. The zero-order chi connectivity index (χ0) is 14.2. The van der Waals surface area contributed by atoms with Gasteiger partial charge in [-0.15, -0.1) is 0 Å². The van der Waals surface area contributed by atoms with E-state index in [9.17, 15) is 0 Å². The molecule has 0 saturated carbocycles. The Bertz CT molecular complexity index is 605. The van der Waals surface area contributed by atoms with Crippen molar-refractivity contribution in [2.75, 3.05) is 13.1 Å². The molecule has 1 aliphatic rings. The van der Waals surface area contributed by atoms with E-state index in [0.29, 0.717) is 11.7 Å². The first-order valence-corrected chi connectivity index (χ1v) is 7.57. The van der Waals surface area contributed by atoms with Gasteiger partial charge in [0.25, 0.3) is 0 Å². The van der Waals surface area contributed by atoms with Crippen LogP contribution >= 0.6 is 15.9 Å². The van der Waals surface area contributed by atoms with Crippen LogP contribution in [0.2, 0.25) is 0 Å². The number of hydrogen-bond donors (Lipinski definition) is 1. The SMILES string of the molecule is CC(C)C1(c2nc(-c3cncc(Br)c3)no2)CCNC1. The summed E-state index contributed by atoms with van der Waals surface area (Å²) < 4.78 is 6.47. The highest BCUT2D eigenvalue weighted by Gasteiger charge is 2.43. The normalized spacial score (nSPS) is 22.6. The lowest BCUT2D eigenvalue weighted by atomic mass is 9.76. The van der Waals surface area contributed by atoms with Gasteiger partial charge in [-0.3, -0.25) is 4.98 Å². The van der Waals surface area contributed by atoms with Gasteiger partial charge in [0.05, 0.1) is 5.41 Å². The summed E-state index contributed by atoms with van der Waals surface area (Å²) in [4.78, 5) is 8.76. The molecule has 1 atom stereocenters. The van der Waals surface area contributed by atoms with Crippen LogP contribution in [0, 0.1) is 5.92 Å². The third-order valence-electron chi connectivity index (χ3n) is 4.11. The zero-order valence-electron chi connectivity index (χ0n) is 11.6. The van der Waals surface area contributed by atoms with E-state index >= 15 is 0 Å². The van der Waals surface area contributed by atoms with Gasteiger partial charge in [0.2, 0.25) is 11.7 Å². The van der Waals surface area contributed by atoms with Gasteiger partial charge in [0, 0.05) is 29.0 Å². The van der Waals surface area contributed by atoms with Gasteiger partial charge in [0.15, 0.2) is 0 Å². The minimum Gasteiger partial charge on any atom is -0.338 e. The van der Waals surface area contributed by atoms with Gasteiger partial charge in [0.1, 0.15) is 0 Å². The maximum atomic E-state index is 5.56. The van der Waals surface area contributed by atoms with E-state index in [1.807, 2.05) is 6.07 Å². The van der Waals surface area contributed by atoms with Crippen LogP contribution in [0.1, 0.15) is 26.2 Å². The van der Waals surface area contributed by atoms with Crippen LogP contribution in [0.15, 0.2) is 27.5 Å². The van der Waals surface area contributed by atoms with E-state index < -0.39 is 0 Å². The van der Waals surface area contributed by atoms with Crippen molar-refractivity contribution in [3.8, 4) is 11.4 Å². The molecule has 1 aliphatic heterocycles. The lowest BCUT2D eigenvalue weighted by Crippen LogP contribution is -2.35. The number of nitrogens with zero attached hydrogens (tertiary/aromatic N) is 3. The average Bonchev–Trinajstić information content (AvgIpc) is 3.08. The molecule has 2 aromatic heterocycles. The van der Waals surface area contributed by atoms with E-state index in [1.165, 1.54) is 0 Å². The fourth-order valence-electron chi connectivity index (χ4n) is 2.71. The topological polar surface area (TPSA) is 63.8 Å². The molecule has 1 N–H and O–H groups in total. The maximum absolute atomic E-state index is 5.56. The number of pyridine rings is 1. The Kier molecular flexibility index (Phi) is 3.60. The van der Waals surface area contributed by atoms with Crippen molar-refractivity contribution in [2.24, 2.45) is 5.92 Å². The minimum atomic E-state index is -0.0509. The predicted molar refractivity (Wildman–Crippen MR) is 79.2 cm³/mol. The number of aromatic nitrogens is 3. The van der Waals surface area contributed by atoms with Crippen LogP contribution in [0.4, 0.5) is 0 Å². The molecule has 5 nitrogen and oxygen atoms in total. The summed E-state index contributed by atoms with van der Waals surface area (Å²) in [6.07, 6.45) is 4.51. The summed E-state index contributed by atoms with van der Waals surface area (Å²) in [5, 5.41) is 7.53. The first-order chi connectivity index (χ1) is 9.62. The Morgan fingerprint density at radius 3 is 2.90 bits per heavy atom. The monoisotopic (exact) mass is 336 g/mol. The highest BCUT2D eigenvalue weighted by molar-refractivity contribution is 9.10. The van der Waals surface area contributed by atoms with Crippen LogP contribution in [-0.4, -0.2) is 28.2 Å². The molecule has 20 heavy (non-hydrogen) atoms. The van der Waals surface area contributed by atoms with Crippen molar-refractivity contribution in [1.82, 2.24) is 20.4 Å². The molecule has 0 aromatic carbocycles. The molecule has 1 saturated heterocycles. The van der Waals surface area contributed by atoms with Gasteiger partial charge in [-0.2, -0.15) is 4.98 Å². The second-order valence-electron chi connectivity index (χ2n) is 5.55. The van der Waals surface area contributed by atoms with Gasteiger partial charge < -0.3 is 9.84 Å². The van der Waals surface area contributed by atoms with Gasteiger partial charge in [-0.25, -0.2) is 0 Å². The van der Waals surface area contributed by atoms with E-state index in [4.69, 9.17) is 4.52 Å². The van der Waals surface area contributed by atoms with E-state index in [0.717, 1.165) is 35.4 Å². The predicted octanol–water partition coefficient (Wildman–Crippen LogP) is 2.78. The molecular weight excluding hydrogens is 320 g/mol. The Morgan fingerprint density at radius 1 is 1.40 bits per heavy atom. The molecule has 0 radical (unpaired) electrons. The molecule has 3 heterocycles. The van der Waals surface area contributed by atoms with Crippen molar-refractivity contribution in [3.63, 3.8) is 0 Å². The lowest BCUT2D eigenvalue weighted by Gasteiger charge is -2.27. The summed E-state index contributed by atoms with van der Waals surface area (Å²) in [5.41, 5.74) is 0.810. The van der Waals surface area contributed by atoms with Crippen LogP contribution in [0.5, 0.6) is 0 Å². The Balaban J connectivity index is 1.97. The summed E-state index contributed by atoms with van der Waals surface area (Å²) in [7, 11) is 0. The molecule has 1 fully saturated rings. The number of hydrogen-bond acceptors (Lipinski definition) is 5. The van der Waals surface area contributed by atoms with Crippen LogP contribution in [-0.2, 0) is 5.41 Å². The van der Waals surface area contributed by atoms with Crippen LogP contribution in [0.25, 0.3) is 11.4 Å². The van der Waals surface area contributed by atoms with Crippen molar-refractivity contribution in [1.29, 1.82) is 0 Å². The average molecular weight is 337 g/mol. The molecule has 6 heteroatoms.